The largest absolute Gasteiger partial charge is 0.478 e. The fourth-order valence-corrected chi connectivity index (χ4v) is 2.18. The van der Waals surface area contributed by atoms with Crippen LogP contribution in [0.1, 0.15) is 47.5 Å². The minimum Gasteiger partial charge on any atom is -0.478 e. The summed E-state index contributed by atoms with van der Waals surface area (Å²) in [6, 6.07) is 0. The summed E-state index contributed by atoms with van der Waals surface area (Å²) in [5.74, 6) is -0.834. The standard InChI is InChI=1S/C13H23NO2/c1-10(11(15)16)9-14-8-6-7-12(2,3)13(14,4)5/h9H,6-8H2,1-5H3,(H,15,16). The van der Waals surface area contributed by atoms with E-state index in [0.717, 1.165) is 13.0 Å². The summed E-state index contributed by atoms with van der Waals surface area (Å²) in [7, 11) is 0. The smallest absolute Gasteiger partial charge is 0.332 e. The lowest BCUT2D eigenvalue weighted by Crippen LogP contribution is -2.55. The molecular formula is C13H23NO2. The van der Waals surface area contributed by atoms with E-state index < -0.39 is 5.97 Å². The zero-order valence-electron chi connectivity index (χ0n) is 11.0. The van der Waals surface area contributed by atoms with Crippen LogP contribution in [0.4, 0.5) is 0 Å². The molecule has 3 nitrogen and oxygen atoms in total. The molecule has 0 bridgehead atoms. The summed E-state index contributed by atoms with van der Waals surface area (Å²) >= 11 is 0. The van der Waals surface area contributed by atoms with Crippen LogP contribution < -0.4 is 0 Å². The van der Waals surface area contributed by atoms with E-state index in [1.165, 1.54) is 6.42 Å². The maximum Gasteiger partial charge on any atom is 0.332 e. The van der Waals surface area contributed by atoms with Crippen LogP contribution in [0.25, 0.3) is 0 Å². The molecule has 0 atom stereocenters. The zero-order chi connectivity index (χ0) is 12.6. The highest BCUT2D eigenvalue weighted by Gasteiger charge is 2.43. The summed E-state index contributed by atoms with van der Waals surface area (Å²) in [6.07, 6.45) is 4.11. The lowest BCUT2D eigenvalue weighted by atomic mass is 9.68. The molecule has 0 saturated carbocycles. The Morgan fingerprint density at radius 2 is 1.88 bits per heavy atom. The second-order valence-electron chi connectivity index (χ2n) is 5.86. The highest BCUT2D eigenvalue weighted by atomic mass is 16.4. The second kappa shape index (κ2) is 4.11. The number of carboxylic acids is 1. The van der Waals surface area contributed by atoms with Gasteiger partial charge < -0.3 is 10.0 Å². The van der Waals surface area contributed by atoms with Crippen LogP contribution >= 0.6 is 0 Å². The van der Waals surface area contributed by atoms with Crippen LogP contribution in [0.2, 0.25) is 0 Å². The van der Waals surface area contributed by atoms with E-state index in [-0.39, 0.29) is 11.0 Å². The molecule has 92 valence electrons. The van der Waals surface area contributed by atoms with Crippen LogP contribution in [0, 0.1) is 5.41 Å². The summed E-state index contributed by atoms with van der Waals surface area (Å²) in [5.41, 5.74) is 0.619. The van der Waals surface area contributed by atoms with E-state index in [2.05, 4.69) is 32.6 Å². The number of likely N-dealkylation sites (tertiary alicyclic amines) is 1. The molecule has 1 rings (SSSR count). The minimum atomic E-state index is -0.834. The number of carboxylic acid groups (broad SMARTS) is 1. The zero-order valence-corrected chi connectivity index (χ0v) is 11.0. The maximum atomic E-state index is 10.9. The van der Waals surface area contributed by atoms with Gasteiger partial charge in [0, 0.05) is 23.9 Å². The topological polar surface area (TPSA) is 40.5 Å². The first-order chi connectivity index (χ1) is 7.18. The lowest BCUT2D eigenvalue weighted by Gasteiger charge is -2.53. The van der Waals surface area contributed by atoms with Crippen molar-refractivity contribution in [2.45, 2.75) is 53.0 Å². The van der Waals surface area contributed by atoms with Crippen LogP contribution in [-0.2, 0) is 4.79 Å². The van der Waals surface area contributed by atoms with Crippen molar-refractivity contribution in [2.24, 2.45) is 5.41 Å². The highest BCUT2D eigenvalue weighted by molar-refractivity contribution is 5.85. The number of nitrogens with zero attached hydrogens (tertiary/aromatic N) is 1. The van der Waals surface area contributed by atoms with Crippen molar-refractivity contribution in [3.05, 3.63) is 11.8 Å². The summed E-state index contributed by atoms with van der Waals surface area (Å²) in [4.78, 5) is 13.0. The first kappa shape index (κ1) is 13.1. The Hall–Kier alpha value is -0.990. The van der Waals surface area contributed by atoms with Crippen molar-refractivity contribution in [2.75, 3.05) is 6.54 Å². The van der Waals surface area contributed by atoms with Gasteiger partial charge in [-0.3, -0.25) is 0 Å². The molecule has 0 spiro atoms. The van der Waals surface area contributed by atoms with Gasteiger partial charge in [0.25, 0.3) is 0 Å². The monoisotopic (exact) mass is 225 g/mol. The number of aliphatic carboxylic acids is 1. The van der Waals surface area contributed by atoms with Gasteiger partial charge in [0.15, 0.2) is 0 Å². The van der Waals surface area contributed by atoms with Crippen molar-refractivity contribution >= 4 is 5.97 Å². The van der Waals surface area contributed by atoms with Gasteiger partial charge in [0.05, 0.1) is 0 Å². The van der Waals surface area contributed by atoms with Crippen LogP contribution in [0.5, 0.6) is 0 Å². The molecule has 1 heterocycles. The lowest BCUT2D eigenvalue weighted by molar-refractivity contribution is -0.132. The summed E-state index contributed by atoms with van der Waals surface area (Å²) in [6.45, 7) is 11.5. The molecule has 3 heteroatoms. The molecule has 1 fully saturated rings. The predicted molar refractivity (Wildman–Crippen MR) is 65.2 cm³/mol. The minimum absolute atomic E-state index is 0.00194. The van der Waals surface area contributed by atoms with Gasteiger partial charge in [-0.1, -0.05) is 13.8 Å². The normalized spacial score (nSPS) is 24.3. The average molecular weight is 225 g/mol. The second-order valence-corrected chi connectivity index (χ2v) is 5.86. The number of carbonyl (C=O) groups is 1. The molecule has 1 N–H and O–H groups in total. The maximum absolute atomic E-state index is 10.9. The van der Waals surface area contributed by atoms with Crippen LogP contribution in [0.15, 0.2) is 11.8 Å². The van der Waals surface area contributed by atoms with Gasteiger partial charge in [0.1, 0.15) is 0 Å². The van der Waals surface area contributed by atoms with Crippen molar-refractivity contribution in [3.63, 3.8) is 0 Å². The highest BCUT2D eigenvalue weighted by Crippen LogP contribution is 2.43. The Labute approximate surface area is 98.1 Å². The fourth-order valence-electron chi connectivity index (χ4n) is 2.18. The number of hydrogen-bond acceptors (Lipinski definition) is 2. The molecule has 0 radical (unpaired) electrons. The summed E-state index contributed by atoms with van der Waals surface area (Å²) < 4.78 is 0. The third-order valence-electron chi connectivity index (χ3n) is 4.26. The van der Waals surface area contributed by atoms with Gasteiger partial charge in [-0.25, -0.2) is 4.79 Å². The third-order valence-corrected chi connectivity index (χ3v) is 4.26. The number of piperidine rings is 1. The van der Waals surface area contributed by atoms with Crippen molar-refractivity contribution < 1.29 is 9.90 Å². The fraction of sp³-hybridized carbons (Fsp3) is 0.769. The van der Waals surface area contributed by atoms with Crippen LogP contribution in [0.3, 0.4) is 0 Å². The predicted octanol–water partition coefficient (Wildman–Crippen LogP) is 2.88. The third kappa shape index (κ3) is 2.23. The molecule has 0 aromatic carbocycles. The number of rotatable bonds is 2. The Bertz CT molecular complexity index is 316. The molecule has 0 amide bonds. The van der Waals surface area contributed by atoms with Crippen molar-refractivity contribution in [3.8, 4) is 0 Å². The molecular weight excluding hydrogens is 202 g/mol. The Morgan fingerprint density at radius 1 is 1.31 bits per heavy atom. The van der Waals surface area contributed by atoms with E-state index in [1.807, 2.05) is 0 Å². The summed E-state index contributed by atoms with van der Waals surface area (Å²) in [5, 5.41) is 8.92. The molecule has 0 aromatic rings. The molecule has 1 aliphatic heterocycles. The Balaban J connectivity index is 2.97. The molecule has 0 aliphatic carbocycles. The van der Waals surface area contributed by atoms with Gasteiger partial charge >= 0.3 is 5.97 Å². The van der Waals surface area contributed by atoms with E-state index in [9.17, 15) is 4.79 Å². The molecule has 1 saturated heterocycles. The molecule has 16 heavy (non-hydrogen) atoms. The molecule has 1 aliphatic rings. The number of hydrogen-bond donors (Lipinski definition) is 1. The van der Waals surface area contributed by atoms with Gasteiger partial charge in [-0.2, -0.15) is 0 Å². The van der Waals surface area contributed by atoms with Crippen molar-refractivity contribution in [1.29, 1.82) is 0 Å². The molecule has 0 aromatic heterocycles. The Morgan fingerprint density at radius 3 is 2.38 bits per heavy atom. The van der Waals surface area contributed by atoms with Crippen molar-refractivity contribution in [1.82, 2.24) is 4.90 Å². The van der Waals surface area contributed by atoms with E-state index >= 15 is 0 Å². The first-order valence-corrected chi connectivity index (χ1v) is 5.87. The van der Waals surface area contributed by atoms with E-state index in [1.54, 1.807) is 13.1 Å². The first-order valence-electron chi connectivity index (χ1n) is 5.87. The van der Waals surface area contributed by atoms with E-state index in [0.29, 0.717) is 5.57 Å². The Kier molecular flexibility index (Phi) is 3.36. The van der Waals surface area contributed by atoms with Gasteiger partial charge in [-0.15, -0.1) is 0 Å². The van der Waals surface area contributed by atoms with E-state index in [4.69, 9.17) is 5.11 Å². The van der Waals surface area contributed by atoms with Crippen LogP contribution in [-0.4, -0.2) is 28.1 Å². The van der Waals surface area contributed by atoms with Gasteiger partial charge in [-0.05, 0) is 39.0 Å². The molecule has 0 unspecified atom stereocenters. The average Bonchev–Trinajstić information content (AvgIpc) is 2.13. The quantitative estimate of drug-likeness (QED) is 0.735. The van der Waals surface area contributed by atoms with Gasteiger partial charge in [0.2, 0.25) is 0 Å². The SMILES string of the molecule is CC(=CN1CCCC(C)(C)C1(C)C)C(=O)O.